The van der Waals surface area contributed by atoms with Crippen molar-refractivity contribution in [3.8, 4) is 11.3 Å². The molecule has 4 nitrogen and oxygen atoms in total. The minimum absolute atomic E-state index is 0.826. The van der Waals surface area contributed by atoms with E-state index in [2.05, 4.69) is 27.2 Å². The van der Waals surface area contributed by atoms with Crippen LogP contribution in [-0.4, -0.2) is 22.0 Å². The quantitative estimate of drug-likeness (QED) is 0.876. The third-order valence-corrected chi connectivity index (χ3v) is 2.70. The molecule has 0 fully saturated rings. The number of hydrogen-bond donors (Lipinski definition) is 1. The van der Waals surface area contributed by atoms with Crippen LogP contribution in [0, 0.1) is 6.92 Å². The van der Waals surface area contributed by atoms with E-state index in [9.17, 15) is 0 Å². The summed E-state index contributed by atoms with van der Waals surface area (Å²) in [5.74, 6) is 1.75. The number of rotatable bonds is 3. The molecule has 17 heavy (non-hydrogen) atoms. The lowest BCUT2D eigenvalue weighted by Crippen LogP contribution is -2.04. The summed E-state index contributed by atoms with van der Waals surface area (Å²) in [6.07, 6.45) is 4.39. The molecular weight excluding hydrogens is 212 g/mol. The third kappa shape index (κ3) is 2.25. The van der Waals surface area contributed by atoms with Gasteiger partial charge in [0, 0.05) is 37.0 Å². The second-order valence-corrected chi connectivity index (χ2v) is 3.80. The van der Waals surface area contributed by atoms with Crippen LogP contribution in [0.3, 0.4) is 0 Å². The fraction of sp³-hybridized carbons (Fsp3) is 0.308. The van der Waals surface area contributed by atoms with Gasteiger partial charge in [0.15, 0.2) is 0 Å². The summed E-state index contributed by atoms with van der Waals surface area (Å²) in [5, 5.41) is 3.11. The number of nitrogens with zero attached hydrogens (tertiary/aromatic N) is 3. The van der Waals surface area contributed by atoms with Crippen molar-refractivity contribution in [3.63, 3.8) is 0 Å². The Kier molecular flexibility index (Phi) is 3.32. The van der Waals surface area contributed by atoms with Crippen LogP contribution in [0.5, 0.6) is 0 Å². The van der Waals surface area contributed by atoms with Crippen LogP contribution in [-0.2, 0) is 6.42 Å². The molecule has 0 aliphatic rings. The smallest absolute Gasteiger partial charge is 0.132 e. The van der Waals surface area contributed by atoms with Gasteiger partial charge in [-0.3, -0.25) is 4.98 Å². The van der Waals surface area contributed by atoms with Gasteiger partial charge in [-0.15, -0.1) is 0 Å². The molecule has 0 radical (unpaired) electrons. The minimum Gasteiger partial charge on any atom is -0.373 e. The lowest BCUT2D eigenvalue weighted by Gasteiger charge is -2.11. The van der Waals surface area contributed by atoms with Crippen LogP contribution in [0.2, 0.25) is 0 Å². The Hall–Kier alpha value is -1.97. The molecule has 0 aliphatic heterocycles. The third-order valence-electron chi connectivity index (χ3n) is 2.70. The Labute approximate surface area is 101 Å². The highest BCUT2D eigenvalue weighted by Crippen LogP contribution is 2.25. The molecule has 0 bridgehead atoms. The fourth-order valence-corrected chi connectivity index (χ4v) is 1.76. The molecule has 88 valence electrons. The Morgan fingerprint density at radius 2 is 1.88 bits per heavy atom. The molecular formula is C13H16N4. The molecule has 2 aromatic heterocycles. The van der Waals surface area contributed by atoms with Crippen LogP contribution in [0.4, 0.5) is 5.82 Å². The Balaban J connectivity index is 2.60. The predicted molar refractivity (Wildman–Crippen MR) is 68.9 cm³/mol. The van der Waals surface area contributed by atoms with E-state index in [4.69, 9.17) is 0 Å². The van der Waals surface area contributed by atoms with Gasteiger partial charge in [-0.25, -0.2) is 9.97 Å². The number of anilines is 1. The van der Waals surface area contributed by atoms with E-state index >= 15 is 0 Å². The average Bonchev–Trinajstić information content (AvgIpc) is 2.40. The highest BCUT2D eigenvalue weighted by Gasteiger charge is 2.10. The summed E-state index contributed by atoms with van der Waals surface area (Å²) in [7, 11) is 1.88. The topological polar surface area (TPSA) is 50.7 Å². The first-order valence-electron chi connectivity index (χ1n) is 5.72. The molecule has 2 aromatic rings. The van der Waals surface area contributed by atoms with Crippen LogP contribution in [0.1, 0.15) is 18.3 Å². The number of hydrogen-bond acceptors (Lipinski definition) is 4. The van der Waals surface area contributed by atoms with Gasteiger partial charge in [-0.1, -0.05) is 6.92 Å². The molecule has 0 unspecified atom stereocenters. The van der Waals surface area contributed by atoms with Crippen molar-refractivity contribution in [1.82, 2.24) is 15.0 Å². The molecule has 0 saturated heterocycles. The van der Waals surface area contributed by atoms with Gasteiger partial charge in [0.05, 0.1) is 5.69 Å². The van der Waals surface area contributed by atoms with Crippen molar-refractivity contribution >= 4 is 5.82 Å². The average molecular weight is 228 g/mol. The second kappa shape index (κ2) is 4.91. The fourth-order valence-electron chi connectivity index (χ4n) is 1.76. The molecule has 1 N–H and O–H groups in total. The van der Waals surface area contributed by atoms with Crippen molar-refractivity contribution in [2.45, 2.75) is 20.3 Å². The Bertz CT molecular complexity index is 508. The minimum atomic E-state index is 0.826. The van der Waals surface area contributed by atoms with Crippen LogP contribution in [0.15, 0.2) is 24.5 Å². The summed E-state index contributed by atoms with van der Waals surface area (Å²) in [5.41, 5.74) is 3.12. The molecule has 2 heterocycles. The molecule has 0 spiro atoms. The summed E-state index contributed by atoms with van der Waals surface area (Å²) in [4.78, 5) is 13.1. The highest BCUT2D eigenvalue weighted by atomic mass is 15.0. The monoisotopic (exact) mass is 228 g/mol. The molecule has 0 aliphatic carbocycles. The Morgan fingerprint density at radius 3 is 2.47 bits per heavy atom. The highest BCUT2D eigenvalue weighted by molar-refractivity contribution is 5.67. The van der Waals surface area contributed by atoms with Gasteiger partial charge >= 0.3 is 0 Å². The molecule has 0 amide bonds. The normalized spacial score (nSPS) is 10.3. The van der Waals surface area contributed by atoms with Crippen molar-refractivity contribution in [1.29, 1.82) is 0 Å². The van der Waals surface area contributed by atoms with Crippen LogP contribution in [0.25, 0.3) is 11.3 Å². The van der Waals surface area contributed by atoms with Crippen molar-refractivity contribution < 1.29 is 0 Å². The number of nitrogens with one attached hydrogen (secondary N) is 1. The van der Waals surface area contributed by atoms with Gasteiger partial charge in [-0.05, 0) is 19.1 Å². The number of aryl methyl sites for hydroxylation is 1. The molecule has 2 rings (SSSR count). The van der Waals surface area contributed by atoms with Gasteiger partial charge in [0.25, 0.3) is 0 Å². The lowest BCUT2D eigenvalue weighted by molar-refractivity contribution is 0.935. The van der Waals surface area contributed by atoms with Crippen molar-refractivity contribution in [2.75, 3.05) is 12.4 Å². The molecule has 0 atom stereocenters. The van der Waals surface area contributed by atoms with E-state index in [0.717, 1.165) is 34.9 Å². The van der Waals surface area contributed by atoms with Crippen molar-refractivity contribution in [3.05, 3.63) is 35.9 Å². The van der Waals surface area contributed by atoms with E-state index in [1.54, 1.807) is 12.4 Å². The maximum atomic E-state index is 4.59. The van der Waals surface area contributed by atoms with Gasteiger partial charge < -0.3 is 5.32 Å². The van der Waals surface area contributed by atoms with Gasteiger partial charge in [0.1, 0.15) is 11.6 Å². The molecule has 0 saturated carbocycles. The first-order valence-corrected chi connectivity index (χ1v) is 5.72. The summed E-state index contributed by atoms with van der Waals surface area (Å²) < 4.78 is 0. The summed E-state index contributed by atoms with van der Waals surface area (Å²) >= 11 is 0. The zero-order valence-corrected chi connectivity index (χ0v) is 10.4. The molecule has 0 aromatic carbocycles. The predicted octanol–water partition coefficient (Wildman–Crippen LogP) is 2.45. The molecule has 4 heteroatoms. The summed E-state index contributed by atoms with van der Waals surface area (Å²) in [6, 6.07) is 3.93. The number of aromatic nitrogens is 3. The second-order valence-electron chi connectivity index (χ2n) is 3.80. The zero-order chi connectivity index (χ0) is 12.3. The standard InChI is InChI=1S/C13H16N4/c1-4-11-16-12(9(2)13(14-3)17-11)10-5-7-15-8-6-10/h5-8H,4H2,1-3H3,(H,14,16,17). The van der Waals surface area contributed by atoms with Gasteiger partial charge in [-0.2, -0.15) is 0 Å². The van der Waals surface area contributed by atoms with Crippen LogP contribution < -0.4 is 5.32 Å². The van der Waals surface area contributed by atoms with Crippen molar-refractivity contribution in [2.24, 2.45) is 0 Å². The van der Waals surface area contributed by atoms with E-state index in [1.165, 1.54) is 0 Å². The van der Waals surface area contributed by atoms with E-state index < -0.39 is 0 Å². The Morgan fingerprint density at radius 1 is 1.18 bits per heavy atom. The largest absolute Gasteiger partial charge is 0.373 e. The summed E-state index contributed by atoms with van der Waals surface area (Å²) in [6.45, 7) is 4.08. The van der Waals surface area contributed by atoms with E-state index in [-0.39, 0.29) is 0 Å². The lowest BCUT2D eigenvalue weighted by atomic mass is 10.1. The number of pyridine rings is 1. The maximum absolute atomic E-state index is 4.59. The van der Waals surface area contributed by atoms with Gasteiger partial charge in [0.2, 0.25) is 0 Å². The van der Waals surface area contributed by atoms with E-state index in [1.807, 2.05) is 26.1 Å². The van der Waals surface area contributed by atoms with Crippen LogP contribution >= 0.6 is 0 Å². The first kappa shape index (κ1) is 11.5. The SMILES string of the molecule is CCc1nc(NC)c(C)c(-c2ccncc2)n1. The maximum Gasteiger partial charge on any atom is 0.132 e. The van der Waals surface area contributed by atoms with E-state index in [0.29, 0.717) is 0 Å². The zero-order valence-electron chi connectivity index (χ0n) is 10.4. The first-order chi connectivity index (χ1) is 8.26.